The average Bonchev–Trinajstić information content (AvgIpc) is 2.99. The van der Waals surface area contributed by atoms with Crippen LogP contribution in [0.1, 0.15) is 39.0 Å². The summed E-state index contributed by atoms with van der Waals surface area (Å²) in [5.74, 6) is 1.84. The van der Waals surface area contributed by atoms with Crippen molar-refractivity contribution in [2.75, 3.05) is 29.4 Å². The molecule has 4 heteroatoms. The number of fused-ring (bicyclic) bond motifs is 1. The normalized spacial score (nSPS) is 19.2. The third-order valence-corrected chi connectivity index (χ3v) is 4.57. The van der Waals surface area contributed by atoms with Crippen molar-refractivity contribution in [2.45, 2.75) is 39.0 Å². The molecule has 1 amide bonds. The van der Waals surface area contributed by atoms with Crippen LogP contribution in [0.4, 0.5) is 11.5 Å². The minimum Gasteiger partial charge on any atom is -0.353 e. The summed E-state index contributed by atoms with van der Waals surface area (Å²) in [5.41, 5.74) is 0.989. The lowest BCUT2D eigenvalue weighted by molar-refractivity contribution is -0.119. The van der Waals surface area contributed by atoms with E-state index < -0.39 is 0 Å². The van der Waals surface area contributed by atoms with Crippen LogP contribution >= 0.6 is 0 Å². The van der Waals surface area contributed by atoms with Gasteiger partial charge >= 0.3 is 0 Å². The Bertz CT molecular complexity index is 482. The summed E-state index contributed by atoms with van der Waals surface area (Å²) in [6.45, 7) is 4.75. The van der Waals surface area contributed by atoms with Gasteiger partial charge in [-0.2, -0.15) is 0 Å². The monoisotopic (exact) mass is 273 g/mol. The Morgan fingerprint density at radius 3 is 2.90 bits per heavy atom. The molecule has 2 aliphatic rings. The highest BCUT2D eigenvalue weighted by Crippen LogP contribution is 2.33. The summed E-state index contributed by atoms with van der Waals surface area (Å²) in [7, 11) is 0. The smallest absolute Gasteiger partial charge is 0.227 e. The first-order valence-corrected chi connectivity index (χ1v) is 7.80. The molecule has 0 saturated heterocycles. The quantitative estimate of drug-likeness (QED) is 0.849. The van der Waals surface area contributed by atoms with Gasteiger partial charge in [-0.3, -0.25) is 4.79 Å². The second-order valence-electron chi connectivity index (χ2n) is 5.83. The molecular formula is C16H23N3O. The summed E-state index contributed by atoms with van der Waals surface area (Å²) in [6, 6.07) is 3.95. The highest BCUT2D eigenvalue weighted by atomic mass is 16.2. The summed E-state index contributed by atoms with van der Waals surface area (Å²) < 4.78 is 0. The van der Waals surface area contributed by atoms with E-state index in [4.69, 9.17) is 0 Å². The number of anilines is 2. The standard InChI is InChI=1S/C16H23N3O/c1-2-18-10-11-19(14-8-5-9-17-16(14)18)15(20)12-13-6-3-4-7-13/h5,8-9,13H,2-4,6-7,10-12H2,1H3. The number of carbonyl (C=O) groups excluding carboxylic acids is 1. The molecule has 1 fully saturated rings. The zero-order valence-corrected chi connectivity index (χ0v) is 12.2. The number of nitrogens with zero attached hydrogens (tertiary/aromatic N) is 3. The lowest BCUT2D eigenvalue weighted by atomic mass is 10.0. The molecule has 1 aliphatic carbocycles. The van der Waals surface area contributed by atoms with E-state index in [0.29, 0.717) is 12.3 Å². The number of likely N-dealkylation sites (N-methyl/N-ethyl adjacent to an activating group) is 1. The van der Waals surface area contributed by atoms with Crippen molar-refractivity contribution in [3.8, 4) is 0 Å². The summed E-state index contributed by atoms with van der Waals surface area (Å²) in [5, 5.41) is 0. The number of amides is 1. The largest absolute Gasteiger partial charge is 0.353 e. The second kappa shape index (κ2) is 5.81. The lowest BCUT2D eigenvalue weighted by Crippen LogP contribution is -2.44. The Labute approximate surface area is 120 Å². The topological polar surface area (TPSA) is 36.4 Å². The zero-order chi connectivity index (χ0) is 13.9. The average molecular weight is 273 g/mol. The fourth-order valence-electron chi connectivity index (χ4n) is 3.43. The van der Waals surface area contributed by atoms with Gasteiger partial charge in [0.05, 0.1) is 5.69 Å². The Balaban J connectivity index is 1.78. The molecule has 0 bridgehead atoms. The minimum absolute atomic E-state index is 0.280. The maximum absolute atomic E-state index is 12.6. The number of hydrogen-bond donors (Lipinski definition) is 0. The van der Waals surface area contributed by atoms with Crippen molar-refractivity contribution in [2.24, 2.45) is 5.92 Å². The molecule has 0 unspecified atom stereocenters. The van der Waals surface area contributed by atoms with E-state index in [1.165, 1.54) is 25.7 Å². The molecular weight excluding hydrogens is 250 g/mol. The van der Waals surface area contributed by atoms with Crippen LogP contribution in [0, 0.1) is 5.92 Å². The predicted octanol–water partition coefficient (Wildman–Crippen LogP) is 2.83. The van der Waals surface area contributed by atoms with Crippen LogP contribution in [0.15, 0.2) is 18.3 Å². The van der Waals surface area contributed by atoms with E-state index in [1.807, 2.05) is 23.2 Å². The maximum Gasteiger partial charge on any atom is 0.227 e. The van der Waals surface area contributed by atoms with Gasteiger partial charge in [-0.1, -0.05) is 12.8 Å². The minimum atomic E-state index is 0.280. The predicted molar refractivity (Wildman–Crippen MR) is 81.1 cm³/mol. The second-order valence-corrected chi connectivity index (χ2v) is 5.83. The molecule has 0 N–H and O–H groups in total. The van der Waals surface area contributed by atoms with E-state index in [1.54, 1.807) is 0 Å². The molecule has 20 heavy (non-hydrogen) atoms. The number of rotatable bonds is 3. The Morgan fingerprint density at radius 1 is 1.35 bits per heavy atom. The van der Waals surface area contributed by atoms with Gasteiger partial charge in [0.25, 0.3) is 0 Å². The zero-order valence-electron chi connectivity index (χ0n) is 12.2. The van der Waals surface area contributed by atoms with Crippen molar-refractivity contribution >= 4 is 17.4 Å². The molecule has 2 heterocycles. The van der Waals surface area contributed by atoms with Crippen molar-refractivity contribution in [1.29, 1.82) is 0 Å². The van der Waals surface area contributed by atoms with Crippen LogP contribution in [0.5, 0.6) is 0 Å². The van der Waals surface area contributed by atoms with Crippen LogP contribution < -0.4 is 9.80 Å². The SMILES string of the molecule is CCN1CCN(C(=O)CC2CCCC2)c2cccnc21. The van der Waals surface area contributed by atoms with Gasteiger partial charge < -0.3 is 9.80 Å². The van der Waals surface area contributed by atoms with Crippen LogP contribution in [0.2, 0.25) is 0 Å². The fraction of sp³-hybridized carbons (Fsp3) is 0.625. The number of pyridine rings is 1. The van der Waals surface area contributed by atoms with Gasteiger partial charge in [-0.25, -0.2) is 4.98 Å². The van der Waals surface area contributed by atoms with E-state index in [0.717, 1.165) is 31.1 Å². The van der Waals surface area contributed by atoms with Gasteiger partial charge in [-0.15, -0.1) is 0 Å². The highest BCUT2D eigenvalue weighted by Gasteiger charge is 2.28. The van der Waals surface area contributed by atoms with Crippen LogP contribution in [-0.4, -0.2) is 30.5 Å². The number of aromatic nitrogens is 1. The van der Waals surface area contributed by atoms with E-state index in [9.17, 15) is 4.79 Å². The number of carbonyl (C=O) groups is 1. The highest BCUT2D eigenvalue weighted by molar-refractivity contribution is 5.97. The van der Waals surface area contributed by atoms with Crippen LogP contribution in [0.25, 0.3) is 0 Å². The van der Waals surface area contributed by atoms with Crippen molar-refractivity contribution in [1.82, 2.24) is 4.98 Å². The molecule has 1 saturated carbocycles. The van der Waals surface area contributed by atoms with Gasteiger partial charge in [-0.05, 0) is 37.8 Å². The fourth-order valence-corrected chi connectivity index (χ4v) is 3.43. The van der Waals surface area contributed by atoms with Gasteiger partial charge in [0, 0.05) is 32.3 Å². The molecule has 4 nitrogen and oxygen atoms in total. The third-order valence-electron chi connectivity index (χ3n) is 4.57. The van der Waals surface area contributed by atoms with E-state index in [2.05, 4.69) is 16.8 Å². The molecule has 0 spiro atoms. The van der Waals surface area contributed by atoms with Crippen molar-refractivity contribution in [3.63, 3.8) is 0 Å². The Kier molecular flexibility index (Phi) is 3.90. The molecule has 0 aromatic carbocycles. The summed E-state index contributed by atoms with van der Waals surface area (Å²) >= 11 is 0. The Hall–Kier alpha value is -1.58. The van der Waals surface area contributed by atoms with Crippen molar-refractivity contribution < 1.29 is 4.79 Å². The van der Waals surface area contributed by atoms with Gasteiger partial charge in [0.15, 0.2) is 5.82 Å². The lowest BCUT2D eigenvalue weighted by Gasteiger charge is -2.36. The first-order valence-electron chi connectivity index (χ1n) is 7.80. The summed E-state index contributed by atoms with van der Waals surface area (Å²) in [6.07, 6.45) is 7.55. The molecule has 1 aromatic heterocycles. The van der Waals surface area contributed by atoms with Crippen molar-refractivity contribution in [3.05, 3.63) is 18.3 Å². The molecule has 1 aromatic rings. The maximum atomic E-state index is 12.6. The van der Waals surface area contributed by atoms with E-state index in [-0.39, 0.29) is 5.91 Å². The van der Waals surface area contributed by atoms with Crippen LogP contribution in [-0.2, 0) is 4.79 Å². The van der Waals surface area contributed by atoms with Crippen LogP contribution in [0.3, 0.4) is 0 Å². The number of hydrogen-bond acceptors (Lipinski definition) is 3. The molecule has 0 radical (unpaired) electrons. The van der Waals surface area contributed by atoms with Gasteiger partial charge in [0.1, 0.15) is 0 Å². The van der Waals surface area contributed by atoms with E-state index >= 15 is 0 Å². The molecule has 3 rings (SSSR count). The first kappa shape index (κ1) is 13.4. The third kappa shape index (κ3) is 2.51. The summed E-state index contributed by atoms with van der Waals surface area (Å²) in [4.78, 5) is 21.3. The Morgan fingerprint density at radius 2 is 2.15 bits per heavy atom. The molecule has 0 atom stereocenters. The molecule has 108 valence electrons. The van der Waals surface area contributed by atoms with Gasteiger partial charge in [0.2, 0.25) is 5.91 Å². The molecule has 1 aliphatic heterocycles. The first-order chi connectivity index (χ1) is 9.79.